The zero-order valence-corrected chi connectivity index (χ0v) is 10.6. The summed E-state index contributed by atoms with van der Waals surface area (Å²) in [7, 11) is 0. The molecule has 2 rings (SSSR count). The highest BCUT2D eigenvalue weighted by Gasteiger charge is 2.15. The lowest BCUT2D eigenvalue weighted by Gasteiger charge is -2.00. The largest absolute Gasteiger partial charge is 0.493 e. The fraction of sp³-hybridized carbons (Fsp3) is 0.357. The Labute approximate surface area is 102 Å². The predicted octanol–water partition coefficient (Wildman–Crippen LogP) is 3.15. The summed E-state index contributed by atoms with van der Waals surface area (Å²) < 4.78 is 1.65. The third-order valence-corrected chi connectivity index (χ3v) is 3.00. The van der Waals surface area contributed by atoms with Crippen molar-refractivity contribution < 1.29 is 5.11 Å². The molecule has 0 saturated heterocycles. The highest BCUT2D eigenvalue weighted by Crippen LogP contribution is 2.30. The molecule has 0 fully saturated rings. The number of rotatable bonds is 3. The molecule has 0 aliphatic rings. The maximum Gasteiger partial charge on any atom is 0.213 e. The second-order valence-corrected chi connectivity index (χ2v) is 4.19. The van der Waals surface area contributed by atoms with Gasteiger partial charge in [0.15, 0.2) is 0 Å². The first-order chi connectivity index (χ1) is 8.17. The standard InChI is InChI=1S/C14H18N2O/c1-4-12-13(15-16(5-2)14(12)17)11-8-6-10(3)7-9-11/h6-9,17H,4-5H2,1-3H3. The molecule has 0 aliphatic carbocycles. The third kappa shape index (κ3) is 2.05. The normalized spacial score (nSPS) is 10.8. The number of benzene rings is 1. The van der Waals surface area contributed by atoms with Crippen molar-refractivity contribution in [2.45, 2.75) is 33.7 Å². The van der Waals surface area contributed by atoms with Crippen molar-refractivity contribution >= 4 is 0 Å². The molecule has 1 aromatic heterocycles. The Morgan fingerprint density at radius 1 is 1.18 bits per heavy atom. The minimum absolute atomic E-state index is 0.297. The van der Waals surface area contributed by atoms with Gasteiger partial charge in [0.05, 0.1) is 5.69 Å². The Hall–Kier alpha value is -1.77. The minimum Gasteiger partial charge on any atom is -0.493 e. The molecule has 0 aliphatic heterocycles. The van der Waals surface area contributed by atoms with E-state index in [0.29, 0.717) is 12.4 Å². The van der Waals surface area contributed by atoms with Crippen LogP contribution in [0.3, 0.4) is 0 Å². The topological polar surface area (TPSA) is 38.0 Å². The van der Waals surface area contributed by atoms with Crippen LogP contribution in [0.2, 0.25) is 0 Å². The van der Waals surface area contributed by atoms with Crippen molar-refractivity contribution in [3.8, 4) is 17.1 Å². The summed E-state index contributed by atoms with van der Waals surface area (Å²) in [6.07, 6.45) is 0.787. The average molecular weight is 230 g/mol. The second kappa shape index (κ2) is 4.62. The van der Waals surface area contributed by atoms with Gasteiger partial charge < -0.3 is 5.11 Å². The molecule has 17 heavy (non-hydrogen) atoms. The summed E-state index contributed by atoms with van der Waals surface area (Å²) in [5.74, 6) is 0.297. The van der Waals surface area contributed by atoms with E-state index in [4.69, 9.17) is 0 Å². The molecule has 0 spiro atoms. The van der Waals surface area contributed by atoms with Crippen LogP contribution in [-0.2, 0) is 13.0 Å². The predicted molar refractivity (Wildman–Crippen MR) is 69.1 cm³/mol. The van der Waals surface area contributed by atoms with Gasteiger partial charge in [-0.25, -0.2) is 4.68 Å². The molecular formula is C14H18N2O. The lowest BCUT2D eigenvalue weighted by Crippen LogP contribution is -1.95. The first-order valence-electron chi connectivity index (χ1n) is 6.03. The van der Waals surface area contributed by atoms with E-state index in [1.54, 1.807) is 4.68 Å². The first kappa shape index (κ1) is 11.7. The number of hydrogen-bond donors (Lipinski definition) is 1. The van der Waals surface area contributed by atoms with Gasteiger partial charge in [0, 0.05) is 17.7 Å². The van der Waals surface area contributed by atoms with Crippen molar-refractivity contribution in [1.82, 2.24) is 9.78 Å². The molecule has 0 saturated carbocycles. The molecule has 3 nitrogen and oxygen atoms in total. The van der Waals surface area contributed by atoms with Crippen LogP contribution in [0.15, 0.2) is 24.3 Å². The molecular weight excluding hydrogens is 212 g/mol. The van der Waals surface area contributed by atoms with Crippen LogP contribution in [0, 0.1) is 6.92 Å². The monoisotopic (exact) mass is 230 g/mol. The Morgan fingerprint density at radius 2 is 1.82 bits per heavy atom. The number of hydrogen-bond acceptors (Lipinski definition) is 2. The lowest BCUT2D eigenvalue weighted by molar-refractivity contribution is 0.401. The van der Waals surface area contributed by atoms with Gasteiger partial charge in [0.25, 0.3) is 0 Å². The van der Waals surface area contributed by atoms with Gasteiger partial charge in [-0.2, -0.15) is 5.10 Å². The molecule has 3 heteroatoms. The fourth-order valence-corrected chi connectivity index (χ4v) is 1.98. The molecule has 0 radical (unpaired) electrons. The number of aromatic nitrogens is 2. The smallest absolute Gasteiger partial charge is 0.213 e. The van der Waals surface area contributed by atoms with Gasteiger partial charge in [-0.05, 0) is 20.3 Å². The van der Waals surface area contributed by atoms with E-state index in [1.165, 1.54) is 5.56 Å². The molecule has 0 atom stereocenters. The van der Waals surface area contributed by atoms with Gasteiger partial charge in [-0.15, -0.1) is 0 Å². The van der Waals surface area contributed by atoms with E-state index in [2.05, 4.69) is 36.3 Å². The molecule has 1 aromatic carbocycles. The van der Waals surface area contributed by atoms with Crippen molar-refractivity contribution in [2.75, 3.05) is 0 Å². The van der Waals surface area contributed by atoms with Crippen molar-refractivity contribution in [3.05, 3.63) is 35.4 Å². The van der Waals surface area contributed by atoms with Gasteiger partial charge in [0.1, 0.15) is 0 Å². The van der Waals surface area contributed by atoms with Crippen LogP contribution in [0.5, 0.6) is 5.88 Å². The Morgan fingerprint density at radius 3 is 2.35 bits per heavy atom. The van der Waals surface area contributed by atoms with Crippen molar-refractivity contribution in [1.29, 1.82) is 0 Å². The van der Waals surface area contributed by atoms with Crippen LogP contribution in [-0.4, -0.2) is 14.9 Å². The number of aryl methyl sites for hydroxylation is 2. The van der Waals surface area contributed by atoms with E-state index in [-0.39, 0.29) is 0 Å². The molecule has 0 bridgehead atoms. The summed E-state index contributed by atoms with van der Waals surface area (Å²) in [4.78, 5) is 0. The minimum atomic E-state index is 0.297. The first-order valence-corrected chi connectivity index (χ1v) is 6.03. The van der Waals surface area contributed by atoms with Gasteiger partial charge in [0.2, 0.25) is 5.88 Å². The third-order valence-electron chi connectivity index (χ3n) is 3.00. The SMILES string of the molecule is CCc1c(-c2ccc(C)cc2)nn(CC)c1O. The molecule has 90 valence electrons. The number of nitrogens with zero attached hydrogens (tertiary/aromatic N) is 2. The summed E-state index contributed by atoms with van der Waals surface area (Å²) in [5, 5.41) is 14.5. The van der Waals surface area contributed by atoms with Crippen LogP contribution >= 0.6 is 0 Å². The van der Waals surface area contributed by atoms with E-state index in [1.807, 2.05) is 13.8 Å². The fourth-order valence-electron chi connectivity index (χ4n) is 1.98. The summed E-state index contributed by atoms with van der Waals surface area (Å²) in [6.45, 7) is 6.76. The second-order valence-electron chi connectivity index (χ2n) is 4.19. The Kier molecular flexibility index (Phi) is 3.18. The highest BCUT2D eigenvalue weighted by molar-refractivity contribution is 5.65. The van der Waals surface area contributed by atoms with Gasteiger partial charge >= 0.3 is 0 Å². The van der Waals surface area contributed by atoms with E-state index >= 15 is 0 Å². The van der Waals surface area contributed by atoms with E-state index in [9.17, 15) is 5.11 Å². The summed E-state index contributed by atoms with van der Waals surface area (Å²) in [5.41, 5.74) is 4.11. The Bertz CT molecular complexity index is 512. The van der Waals surface area contributed by atoms with E-state index in [0.717, 1.165) is 23.2 Å². The maximum atomic E-state index is 10.0. The van der Waals surface area contributed by atoms with Crippen molar-refractivity contribution in [2.24, 2.45) is 0 Å². The quantitative estimate of drug-likeness (QED) is 0.879. The van der Waals surface area contributed by atoms with Crippen LogP contribution in [0.25, 0.3) is 11.3 Å². The highest BCUT2D eigenvalue weighted by atomic mass is 16.3. The lowest BCUT2D eigenvalue weighted by atomic mass is 10.0. The molecule has 1 N–H and O–H groups in total. The van der Waals surface area contributed by atoms with Gasteiger partial charge in [-0.1, -0.05) is 36.8 Å². The zero-order valence-electron chi connectivity index (χ0n) is 10.6. The molecule has 0 unspecified atom stereocenters. The molecule has 0 amide bonds. The van der Waals surface area contributed by atoms with Gasteiger partial charge in [-0.3, -0.25) is 0 Å². The zero-order chi connectivity index (χ0) is 12.4. The maximum absolute atomic E-state index is 10.0. The number of aromatic hydroxyl groups is 1. The molecule has 2 aromatic rings. The summed E-state index contributed by atoms with van der Waals surface area (Å²) >= 11 is 0. The van der Waals surface area contributed by atoms with Crippen molar-refractivity contribution in [3.63, 3.8) is 0 Å². The van der Waals surface area contributed by atoms with Crippen LogP contribution < -0.4 is 0 Å². The Balaban J connectivity index is 2.54. The van der Waals surface area contributed by atoms with Crippen LogP contribution in [0.4, 0.5) is 0 Å². The molecule has 1 heterocycles. The summed E-state index contributed by atoms with van der Waals surface area (Å²) in [6, 6.07) is 8.24. The average Bonchev–Trinajstić information content (AvgIpc) is 2.66. The van der Waals surface area contributed by atoms with E-state index < -0.39 is 0 Å². The van der Waals surface area contributed by atoms with Crippen LogP contribution in [0.1, 0.15) is 25.0 Å².